The number of hydrogen-bond donors (Lipinski definition) is 1. The highest BCUT2D eigenvalue weighted by Gasteiger charge is 2.30. The van der Waals surface area contributed by atoms with Crippen molar-refractivity contribution >= 4 is 32.7 Å². The molecule has 112 valence electrons. The van der Waals surface area contributed by atoms with Gasteiger partial charge in [-0.2, -0.15) is 8.42 Å². The van der Waals surface area contributed by atoms with Crippen LogP contribution in [0.3, 0.4) is 0 Å². The highest BCUT2D eigenvalue weighted by molar-refractivity contribution is 7.89. The maximum Gasteiger partial charge on any atom is 0.300 e. The van der Waals surface area contributed by atoms with Gasteiger partial charge in [-0.1, -0.05) is 6.07 Å². The van der Waals surface area contributed by atoms with Crippen LogP contribution in [-0.4, -0.2) is 40.1 Å². The van der Waals surface area contributed by atoms with Gasteiger partial charge >= 0.3 is 0 Å². The fourth-order valence-electron chi connectivity index (χ4n) is 1.93. The van der Waals surface area contributed by atoms with Crippen molar-refractivity contribution in [2.45, 2.75) is 19.0 Å². The van der Waals surface area contributed by atoms with Crippen LogP contribution in [-0.2, 0) is 14.8 Å². The van der Waals surface area contributed by atoms with Crippen molar-refractivity contribution in [3.8, 4) is 0 Å². The number of carbonyl (C=O) groups is 1. The van der Waals surface area contributed by atoms with E-state index in [2.05, 4.69) is 9.97 Å². The fraction of sp³-hybridized carbons (Fsp3) is 0.273. The van der Waals surface area contributed by atoms with Crippen LogP contribution in [0.25, 0.3) is 11.0 Å². The Labute approximate surface area is 119 Å². The van der Waals surface area contributed by atoms with Gasteiger partial charge in [-0.15, -0.1) is 0 Å². The van der Waals surface area contributed by atoms with Crippen molar-refractivity contribution in [2.75, 3.05) is 6.54 Å². The monoisotopic (exact) mass is 312 g/mol. The number of nitro benzene ring substituents is 1. The summed E-state index contributed by atoms with van der Waals surface area (Å²) in [4.78, 5) is 27.9. The van der Waals surface area contributed by atoms with Gasteiger partial charge in [-0.3, -0.25) is 14.9 Å². The Bertz CT molecular complexity index is 826. The summed E-state index contributed by atoms with van der Waals surface area (Å²) in [6.45, 7) is 2.56. The molecule has 10 heteroatoms. The first-order valence-electron chi connectivity index (χ1n) is 5.95. The lowest BCUT2D eigenvalue weighted by molar-refractivity contribution is -0.383. The quantitative estimate of drug-likeness (QED) is 0.663. The zero-order chi connectivity index (χ0) is 15.8. The lowest BCUT2D eigenvalue weighted by Gasteiger charge is -2.16. The molecule has 0 aliphatic carbocycles. The van der Waals surface area contributed by atoms with E-state index in [1.807, 2.05) is 0 Å². The maximum atomic E-state index is 12.3. The summed E-state index contributed by atoms with van der Waals surface area (Å²) in [6.07, 6.45) is 0. The SMILES string of the molecule is CCN(C(C)=O)S(=O)(=O)c1nc2c([N+](=O)[O-])cccc2[nH]1. The van der Waals surface area contributed by atoms with Gasteiger partial charge in [0.25, 0.3) is 15.7 Å². The molecule has 0 saturated carbocycles. The molecule has 0 fully saturated rings. The summed E-state index contributed by atoms with van der Waals surface area (Å²) in [5.41, 5.74) is -0.167. The second-order valence-electron chi connectivity index (χ2n) is 4.16. The third-order valence-electron chi connectivity index (χ3n) is 2.84. The van der Waals surface area contributed by atoms with Crippen molar-refractivity contribution in [3.05, 3.63) is 28.3 Å². The van der Waals surface area contributed by atoms with Gasteiger partial charge in [0.2, 0.25) is 11.1 Å². The molecule has 2 aromatic rings. The smallest absolute Gasteiger partial charge is 0.300 e. The highest BCUT2D eigenvalue weighted by atomic mass is 32.2. The van der Waals surface area contributed by atoms with Crippen molar-refractivity contribution in [1.82, 2.24) is 14.3 Å². The van der Waals surface area contributed by atoms with Crippen LogP contribution in [0.15, 0.2) is 23.4 Å². The zero-order valence-corrected chi connectivity index (χ0v) is 12.0. The minimum absolute atomic E-state index is 0.0587. The number of fused-ring (bicyclic) bond motifs is 1. The Morgan fingerprint density at radius 2 is 2.14 bits per heavy atom. The van der Waals surface area contributed by atoms with Gasteiger partial charge in [0.1, 0.15) is 0 Å². The molecule has 0 aliphatic heterocycles. The molecule has 21 heavy (non-hydrogen) atoms. The van der Waals surface area contributed by atoms with Crippen LogP contribution in [0.2, 0.25) is 0 Å². The molecule has 0 radical (unpaired) electrons. The number of carbonyl (C=O) groups excluding carboxylic acids is 1. The maximum absolute atomic E-state index is 12.3. The van der Waals surface area contributed by atoms with Gasteiger partial charge in [-0.05, 0) is 13.0 Å². The Kier molecular flexibility index (Phi) is 3.64. The number of para-hydroxylation sites is 1. The topological polar surface area (TPSA) is 126 Å². The Hall–Kier alpha value is -2.49. The number of H-pyrrole nitrogens is 1. The summed E-state index contributed by atoms with van der Waals surface area (Å²) in [6, 6.07) is 4.11. The normalized spacial score (nSPS) is 11.5. The van der Waals surface area contributed by atoms with E-state index in [1.165, 1.54) is 25.1 Å². The van der Waals surface area contributed by atoms with E-state index < -0.39 is 26.0 Å². The number of rotatable bonds is 4. The summed E-state index contributed by atoms with van der Waals surface area (Å²) < 4.78 is 25.2. The van der Waals surface area contributed by atoms with E-state index in [9.17, 15) is 23.3 Å². The average Bonchev–Trinajstić information content (AvgIpc) is 2.82. The third kappa shape index (κ3) is 2.44. The highest BCUT2D eigenvalue weighted by Crippen LogP contribution is 2.25. The lowest BCUT2D eigenvalue weighted by Crippen LogP contribution is -2.35. The molecule has 1 heterocycles. The molecule has 0 saturated heterocycles. The molecule has 1 amide bonds. The average molecular weight is 312 g/mol. The van der Waals surface area contributed by atoms with E-state index in [0.29, 0.717) is 4.31 Å². The zero-order valence-electron chi connectivity index (χ0n) is 11.2. The largest absolute Gasteiger partial charge is 0.327 e. The van der Waals surface area contributed by atoms with Gasteiger partial charge < -0.3 is 4.98 Å². The number of nitrogens with zero attached hydrogens (tertiary/aromatic N) is 3. The van der Waals surface area contributed by atoms with Crippen LogP contribution in [0.5, 0.6) is 0 Å². The number of nitrogens with one attached hydrogen (secondary N) is 1. The number of aromatic nitrogens is 2. The third-order valence-corrected chi connectivity index (χ3v) is 4.62. The molecule has 0 aliphatic rings. The number of sulfonamides is 1. The first-order valence-corrected chi connectivity index (χ1v) is 7.39. The van der Waals surface area contributed by atoms with Crippen LogP contribution < -0.4 is 0 Å². The first-order chi connectivity index (χ1) is 9.78. The molecule has 1 aromatic heterocycles. The molecule has 1 N–H and O–H groups in total. The molecule has 0 atom stereocenters. The number of aromatic amines is 1. The van der Waals surface area contributed by atoms with Crippen molar-refractivity contribution in [3.63, 3.8) is 0 Å². The molecule has 1 aromatic carbocycles. The lowest BCUT2D eigenvalue weighted by atomic mass is 10.3. The second-order valence-corrected chi connectivity index (χ2v) is 5.94. The Morgan fingerprint density at radius 3 is 2.67 bits per heavy atom. The van der Waals surface area contributed by atoms with E-state index in [4.69, 9.17) is 0 Å². The number of hydrogen-bond acceptors (Lipinski definition) is 6. The predicted octanol–water partition coefficient (Wildman–Crippen LogP) is 1.03. The summed E-state index contributed by atoms with van der Waals surface area (Å²) >= 11 is 0. The van der Waals surface area contributed by atoms with Crippen LogP contribution in [0, 0.1) is 10.1 Å². The summed E-state index contributed by atoms with van der Waals surface area (Å²) in [5.74, 6) is -0.660. The minimum Gasteiger partial charge on any atom is -0.327 e. The van der Waals surface area contributed by atoms with Crippen LogP contribution in [0.4, 0.5) is 5.69 Å². The molecule has 0 bridgehead atoms. The Morgan fingerprint density at radius 1 is 1.48 bits per heavy atom. The molecular formula is C11H12N4O5S. The van der Waals surface area contributed by atoms with Crippen molar-refractivity contribution in [1.29, 1.82) is 0 Å². The number of non-ortho nitro benzene ring substituents is 1. The van der Waals surface area contributed by atoms with Gasteiger partial charge in [0.15, 0.2) is 5.52 Å². The number of amides is 1. The summed E-state index contributed by atoms with van der Waals surface area (Å²) in [7, 11) is -4.16. The van der Waals surface area contributed by atoms with E-state index in [1.54, 1.807) is 0 Å². The summed E-state index contributed by atoms with van der Waals surface area (Å²) in [5, 5.41) is 10.4. The molecule has 0 unspecified atom stereocenters. The van der Waals surface area contributed by atoms with Gasteiger partial charge in [-0.25, -0.2) is 9.29 Å². The fourth-order valence-corrected chi connectivity index (χ4v) is 3.26. The van der Waals surface area contributed by atoms with Crippen LogP contribution >= 0.6 is 0 Å². The van der Waals surface area contributed by atoms with E-state index >= 15 is 0 Å². The minimum atomic E-state index is -4.16. The number of imidazole rings is 1. The molecule has 2 rings (SSSR count). The van der Waals surface area contributed by atoms with E-state index in [-0.39, 0.29) is 23.3 Å². The number of nitro groups is 1. The molecule has 9 nitrogen and oxygen atoms in total. The van der Waals surface area contributed by atoms with Crippen molar-refractivity contribution in [2.24, 2.45) is 0 Å². The van der Waals surface area contributed by atoms with Gasteiger partial charge in [0, 0.05) is 19.5 Å². The molecular weight excluding hydrogens is 300 g/mol. The standard InChI is InChI=1S/C11H12N4O5S/c1-3-14(7(2)16)21(19,20)11-12-8-5-4-6-9(15(17)18)10(8)13-11/h4-6H,3H2,1-2H3,(H,12,13). The van der Waals surface area contributed by atoms with Crippen LogP contribution in [0.1, 0.15) is 13.8 Å². The second kappa shape index (κ2) is 5.13. The Balaban J connectivity index is 2.66. The van der Waals surface area contributed by atoms with Gasteiger partial charge in [0.05, 0.1) is 10.4 Å². The molecule has 0 spiro atoms. The van der Waals surface area contributed by atoms with E-state index in [0.717, 1.165) is 6.92 Å². The first kappa shape index (κ1) is 14.9. The number of benzene rings is 1. The predicted molar refractivity (Wildman–Crippen MR) is 73.0 cm³/mol. The van der Waals surface area contributed by atoms with Crippen molar-refractivity contribution < 1.29 is 18.1 Å².